The maximum atomic E-state index is 13.5. The van der Waals surface area contributed by atoms with Crippen LogP contribution in [-0.2, 0) is 16.3 Å². The Kier molecular flexibility index (Phi) is 9.51. The molecule has 2 N–H and O–H groups in total. The van der Waals surface area contributed by atoms with Gasteiger partial charge in [-0.1, -0.05) is 0 Å². The molecule has 5 aromatic rings. The second-order valence-electron chi connectivity index (χ2n) is 12.6. The van der Waals surface area contributed by atoms with Crippen molar-refractivity contribution in [3.63, 3.8) is 0 Å². The molecule has 6 heterocycles. The van der Waals surface area contributed by atoms with Crippen molar-refractivity contribution in [1.29, 1.82) is 0 Å². The number of anilines is 5. The number of aryl methyl sites for hydroxylation is 1. The lowest BCUT2D eigenvalue weighted by molar-refractivity contribution is 0.0115. The van der Waals surface area contributed by atoms with Crippen LogP contribution in [0, 0.1) is 0 Å². The van der Waals surface area contributed by atoms with Crippen LogP contribution in [0.4, 0.5) is 29.0 Å². The van der Waals surface area contributed by atoms with Gasteiger partial charge in [-0.05, 0) is 60.3 Å². The van der Waals surface area contributed by atoms with Crippen LogP contribution in [0.1, 0.15) is 12.8 Å². The molecule has 0 atom stereocenters. The van der Waals surface area contributed by atoms with Crippen LogP contribution in [0.15, 0.2) is 53.7 Å². The summed E-state index contributed by atoms with van der Waals surface area (Å²) in [5.41, 5.74) is 4.38. The number of nitrogens with zero attached hydrogens (tertiary/aromatic N) is 9. The van der Waals surface area contributed by atoms with E-state index in [2.05, 4.69) is 56.4 Å². The van der Waals surface area contributed by atoms with E-state index in [1.807, 2.05) is 37.6 Å². The number of fused-ring (bicyclic) bond motifs is 1. The van der Waals surface area contributed by atoms with Gasteiger partial charge < -0.3 is 29.6 Å². The van der Waals surface area contributed by atoms with Crippen LogP contribution < -0.4 is 25.6 Å². The first-order chi connectivity index (χ1) is 23.7. The Morgan fingerprint density at radius 1 is 0.980 bits per heavy atom. The van der Waals surface area contributed by atoms with E-state index >= 15 is 0 Å². The average Bonchev–Trinajstić information content (AvgIpc) is 3.55. The fraction of sp³-hybridized carbons (Fsp3) is 0.394. The fourth-order valence-corrected chi connectivity index (χ4v) is 8.25. The average molecular weight is 749 g/mol. The van der Waals surface area contributed by atoms with Crippen molar-refractivity contribution >= 4 is 68.4 Å². The topological polar surface area (TPSA) is 148 Å². The zero-order chi connectivity index (χ0) is 34.1. The summed E-state index contributed by atoms with van der Waals surface area (Å²) in [5, 5.41) is 11.8. The van der Waals surface area contributed by atoms with E-state index in [4.69, 9.17) is 19.4 Å². The van der Waals surface area contributed by atoms with Crippen LogP contribution in [0.5, 0.6) is 5.88 Å². The summed E-state index contributed by atoms with van der Waals surface area (Å²) in [5.74, 6) is 2.08. The summed E-state index contributed by atoms with van der Waals surface area (Å²) < 4.78 is 27.3. The summed E-state index contributed by atoms with van der Waals surface area (Å²) >= 11 is 3.58. The van der Waals surface area contributed by atoms with Gasteiger partial charge in [-0.3, -0.25) is 19.5 Å². The van der Waals surface area contributed by atoms with Gasteiger partial charge in [0.05, 0.1) is 47.5 Å². The summed E-state index contributed by atoms with van der Waals surface area (Å²) in [6, 6.07) is 6.27. The van der Waals surface area contributed by atoms with Crippen molar-refractivity contribution < 1.29 is 14.0 Å². The predicted octanol–water partition coefficient (Wildman–Crippen LogP) is 5.02. The van der Waals surface area contributed by atoms with Gasteiger partial charge in [0.25, 0.3) is 0 Å². The maximum absolute atomic E-state index is 13.5. The highest BCUT2D eigenvalue weighted by Crippen LogP contribution is 2.42. The summed E-state index contributed by atoms with van der Waals surface area (Å²) in [4.78, 5) is 28.2. The number of rotatable bonds is 9. The fourth-order valence-electron chi connectivity index (χ4n) is 6.56. The van der Waals surface area contributed by atoms with E-state index < -0.39 is 7.14 Å². The molecule has 0 spiro atoms. The number of pyridine rings is 1. The second-order valence-corrected chi connectivity index (χ2v) is 16.6. The summed E-state index contributed by atoms with van der Waals surface area (Å²) in [7, 11) is 0.740. The molecule has 16 heteroatoms. The molecule has 4 aromatic heterocycles. The SMILES string of the molecule is COc1nc(N2CCC(N3CCOCC3)CC2)c(-c2cnn(C)c2)cc1Nc1ncc(Br)c(Nc2ccc3nccnc3c2P(C)(C)=O)n1. The molecule has 0 bridgehead atoms. The molecule has 0 saturated carbocycles. The third-order valence-electron chi connectivity index (χ3n) is 8.90. The monoisotopic (exact) mass is 747 g/mol. The first-order valence-electron chi connectivity index (χ1n) is 16.2. The zero-order valence-corrected chi connectivity index (χ0v) is 30.4. The highest BCUT2D eigenvalue weighted by molar-refractivity contribution is 9.10. The lowest BCUT2D eigenvalue weighted by atomic mass is 10.0. The van der Waals surface area contributed by atoms with Gasteiger partial charge in [0.2, 0.25) is 11.8 Å². The van der Waals surface area contributed by atoms with Crippen molar-refractivity contribution in [2.75, 3.05) is 75.4 Å². The van der Waals surface area contributed by atoms with E-state index in [9.17, 15) is 4.57 Å². The molecule has 14 nitrogen and oxygen atoms in total. The third kappa shape index (κ3) is 7.11. The smallest absolute Gasteiger partial charge is 0.239 e. The molecule has 0 aliphatic carbocycles. The highest BCUT2D eigenvalue weighted by atomic mass is 79.9. The molecular weight excluding hydrogens is 709 g/mol. The Morgan fingerprint density at radius 3 is 2.47 bits per heavy atom. The van der Waals surface area contributed by atoms with Crippen LogP contribution >= 0.6 is 23.1 Å². The number of methoxy groups -OCH3 is 1. The van der Waals surface area contributed by atoms with Gasteiger partial charge in [-0.15, -0.1) is 0 Å². The summed E-state index contributed by atoms with van der Waals surface area (Å²) in [6.07, 6.45) is 10.8. The lowest BCUT2D eigenvalue weighted by Gasteiger charge is -2.40. The minimum absolute atomic E-state index is 0.320. The number of hydrogen-bond donors (Lipinski definition) is 2. The van der Waals surface area contributed by atoms with Crippen LogP contribution in [0.2, 0.25) is 0 Å². The molecule has 0 unspecified atom stereocenters. The minimum atomic E-state index is -2.77. The van der Waals surface area contributed by atoms with Crippen LogP contribution in [0.3, 0.4) is 0 Å². The normalized spacial score (nSPS) is 16.2. The van der Waals surface area contributed by atoms with Crippen molar-refractivity contribution in [3.05, 3.63) is 53.7 Å². The quantitative estimate of drug-likeness (QED) is 0.195. The Labute approximate surface area is 293 Å². The van der Waals surface area contributed by atoms with Gasteiger partial charge in [0.1, 0.15) is 30.0 Å². The van der Waals surface area contributed by atoms with Crippen molar-refractivity contribution in [2.24, 2.45) is 7.05 Å². The number of benzene rings is 1. The highest BCUT2D eigenvalue weighted by Gasteiger charge is 2.29. The molecule has 2 aliphatic heterocycles. The zero-order valence-electron chi connectivity index (χ0n) is 27.9. The molecule has 49 heavy (non-hydrogen) atoms. The molecule has 0 radical (unpaired) electrons. The largest absolute Gasteiger partial charge is 0.479 e. The number of halogens is 1. The van der Waals surface area contributed by atoms with Gasteiger partial charge in [-0.2, -0.15) is 15.1 Å². The molecule has 1 aromatic carbocycles. The lowest BCUT2D eigenvalue weighted by Crippen LogP contribution is -2.49. The van der Waals surface area contributed by atoms with Crippen molar-refractivity contribution in [3.8, 4) is 17.0 Å². The number of ether oxygens (including phenoxy) is 2. The molecule has 0 amide bonds. The number of aromatic nitrogens is 7. The molecule has 2 aliphatic rings. The number of nitrogens with one attached hydrogen (secondary N) is 2. The van der Waals surface area contributed by atoms with Crippen LogP contribution in [0.25, 0.3) is 22.2 Å². The molecule has 256 valence electrons. The molecule has 2 fully saturated rings. The molecule has 2 saturated heterocycles. The second kappa shape index (κ2) is 14.0. The Balaban J connectivity index is 1.20. The molecular formula is C33H39BrN11O3P. The van der Waals surface area contributed by atoms with Gasteiger partial charge in [-0.25, -0.2) is 4.98 Å². The minimum Gasteiger partial charge on any atom is -0.479 e. The number of piperidine rings is 1. The van der Waals surface area contributed by atoms with Crippen molar-refractivity contribution in [2.45, 2.75) is 18.9 Å². The van der Waals surface area contributed by atoms with E-state index in [1.54, 1.807) is 43.7 Å². The standard InChI is InChI=1S/C33H39BrN11O3P/c1-43-20-21(18-38-43)23-17-27(32(47-2)42-31(23)45-11-7-22(8-12-45)44-13-15-48-16-14-44)40-33-37-19-24(34)30(41-33)39-26-6-5-25-28(36-10-9-35-25)29(26)49(3,4)46/h5-6,9-10,17-20,22H,7-8,11-16H2,1-4H3,(H2,37,39,40,41). The number of morpholine rings is 1. The Hall–Kier alpha value is -4.17. The maximum Gasteiger partial charge on any atom is 0.239 e. The summed E-state index contributed by atoms with van der Waals surface area (Å²) in [6.45, 7) is 8.79. The van der Waals surface area contributed by atoms with E-state index in [0.717, 1.165) is 69.2 Å². The predicted molar refractivity (Wildman–Crippen MR) is 196 cm³/mol. The van der Waals surface area contributed by atoms with Crippen LogP contribution in [-0.4, -0.2) is 105 Å². The Bertz CT molecular complexity index is 2020. The third-order valence-corrected chi connectivity index (χ3v) is 11.0. The van der Waals surface area contributed by atoms with Crippen molar-refractivity contribution in [1.82, 2.24) is 39.6 Å². The molecule has 7 rings (SSSR count). The number of hydrogen-bond acceptors (Lipinski definition) is 13. The van der Waals surface area contributed by atoms with Gasteiger partial charge >= 0.3 is 0 Å². The van der Waals surface area contributed by atoms with E-state index in [-0.39, 0.29) is 0 Å². The van der Waals surface area contributed by atoms with Gasteiger partial charge in [0, 0.05) is 75.2 Å². The van der Waals surface area contributed by atoms with Gasteiger partial charge in [0.15, 0.2) is 0 Å². The first kappa shape index (κ1) is 33.3. The van der Waals surface area contributed by atoms with E-state index in [1.165, 1.54) is 0 Å². The Morgan fingerprint density at radius 2 is 1.76 bits per heavy atom. The van der Waals surface area contributed by atoms with E-state index in [0.29, 0.717) is 55.9 Å². The first-order valence-corrected chi connectivity index (χ1v) is 19.6.